The van der Waals surface area contributed by atoms with Gasteiger partial charge in [0.1, 0.15) is 17.1 Å². The fourth-order valence-electron chi connectivity index (χ4n) is 3.73. The van der Waals surface area contributed by atoms with E-state index in [1.54, 1.807) is 24.3 Å². The summed E-state index contributed by atoms with van der Waals surface area (Å²) < 4.78 is 5.52. The van der Waals surface area contributed by atoms with Gasteiger partial charge >= 0.3 is 5.63 Å². The van der Waals surface area contributed by atoms with Crippen LogP contribution in [0.4, 0.5) is 0 Å². The molecular weight excluding hydrogens is 352 g/mol. The Balaban J connectivity index is 2.06. The minimum Gasteiger partial charge on any atom is -0.507 e. The van der Waals surface area contributed by atoms with Crippen molar-refractivity contribution in [3.8, 4) is 11.5 Å². The fraction of sp³-hybridized carbons (Fsp3) is 0.125. The van der Waals surface area contributed by atoms with Crippen LogP contribution in [0, 0.1) is 13.8 Å². The molecule has 1 heterocycles. The van der Waals surface area contributed by atoms with Gasteiger partial charge in [-0.25, -0.2) is 4.79 Å². The first-order valence-corrected chi connectivity index (χ1v) is 9.07. The minimum atomic E-state index is -0.576. The van der Waals surface area contributed by atoms with E-state index >= 15 is 0 Å². The van der Waals surface area contributed by atoms with Gasteiger partial charge < -0.3 is 14.6 Å². The van der Waals surface area contributed by atoms with E-state index in [1.807, 2.05) is 56.3 Å². The van der Waals surface area contributed by atoms with Crippen molar-refractivity contribution in [3.63, 3.8) is 0 Å². The summed E-state index contributed by atoms with van der Waals surface area (Å²) in [5, 5.41) is 21.7. The summed E-state index contributed by atoms with van der Waals surface area (Å²) >= 11 is 0. The molecule has 1 aromatic heterocycles. The van der Waals surface area contributed by atoms with Crippen LogP contribution in [-0.4, -0.2) is 10.2 Å². The van der Waals surface area contributed by atoms with Crippen LogP contribution in [0.1, 0.15) is 33.7 Å². The number of aryl methyl sites for hydroxylation is 2. The van der Waals surface area contributed by atoms with E-state index in [9.17, 15) is 15.0 Å². The van der Waals surface area contributed by atoms with Crippen molar-refractivity contribution < 1.29 is 14.6 Å². The quantitative estimate of drug-likeness (QED) is 0.497. The summed E-state index contributed by atoms with van der Waals surface area (Å²) in [6.45, 7) is 3.63. The normalized spacial score (nSPS) is 12.2. The number of para-hydroxylation sites is 1. The number of hydrogen-bond donors (Lipinski definition) is 2. The largest absolute Gasteiger partial charge is 0.507 e. The van der Waals surface area contributed by atoms with Crippen LogP contribution in [0.15, 0.2) is 75.9 Å². The van der Waals surface area contributed by atoms with Crippen LogP contribution < -0.4 is 5.63 Å². The highest BCUT2D eigenvalue weighted by atomic mass is 16.4. The monoisotopic (exact) mass is 372 g/mol. The van der Waals surface area contributed by atoms with Crippen LogP contribution >= 0.6 is 0 Å². The Labute approximate surface area is 162 Å². The third kappa shape index (κ3) is 2.93. The predicted octanol–water partition coefficient (Wildman–Crippen LogP) is 5.00. The molecule has 0 aliphatic carbocycles. The zero-order valence-electron chi connectivity index (χ0n) is 15.6. The van der Waals surface area contributed by atoms with Crippen molar-refractivity contribution in [2.75, 3.05) is 0 Å². The van der Waals surface area contributed by atoms with Crippen LogP contribution in [0.2, 0.25) is 0 Å². The Kier molecular flexibility index (Phi) is 4.40. The van der Waals surface area contributed by atoms with E-state index in [2.05, 4.69) is 0 Å². The summed E-state index contributed by atoms with van der Waals surface area (Å²) in [5.74, 6) is -0.380. The van der Waals surface area contributed by atoms with Crippen molar-refractivity contribution in [1.29, 1.82) is 0 Å². The average molecular weight is 372 g/mol. The van der Waals surface area contributed by atoms with Crippen LogP contribution in [0.3, 0.4) is 0 Å². The van der Waals surface area contributed by atoms with Gasteiger partial charge in [-0.3, -0.25) is 0 Å². The maximum atomic E-state index is 12.9. The standard InChI is InChI=1S/C24H20O4/c1-14-12-17(13-15(2)22(14)25)20(16-8-4-3-5-9-16)21-23(26)18-10-6-7-11-19(18)28-24(21)27/h3-13,20,25-26H,1-2H3. The number of benzene rings is 3. The molecule has 140 valence electrons. The molecule has 0 fully saturated rings. The molecule has 0 aliphatic heterocycles. The zero-order chi connectivity index (χ0) is 19.8. The summed E-state index contributed by atoms with van der Waals surface area (Å²) in [6.07, 6.45) is 0. The van der Waals surface area contributed by atoms with Gasteiger partial charge in [-0.2, -0.15) is 0 Å². The predicted molar refractivity (Wildman–Crippen MR) is 109 cm³/mol. The van der Waals surface area contributed by atoms with E-state index in [-0.39, 0.29) is 17.1 Å². The lowest BCUT2D eigenvalue weighted by atomic mass is 9.83. The van der Waals surface area contributed by atoms with Crippen LogP contribution in [-0.2, 0) is 0 Å². The average Bonchev–Trinajstić information content (AvgIpc) is 2.69. The maximum Gasteiger partial charge on any atom is 0.344 e. The second kappa shape index (κ2) is 6.89. The lowest BCUT2D eigenvalue weighted by Crippen LogP contribution is -2.15. The molecule has 4 heteroatoms. The Hall–Kier alpha value is -3.53. The van der Waals surface area contributed by atoms with Gasteiger partial charge in [0.25, 0.3) is 0 Å². The van der Waals surface area contributed by atoms with Gasteiger partial charge in [0.2, 0.25) is 0 Å². The number of aromatic hydroxyl groups is 2. The number of phenolic OH excluding ortho intramolecular Hbond substituents is 1. The zero-order valence-corrected chi connectivity index (χ0v) is 15.6. The molecule has 4 rings (SSSR count). The van der Waals surface area contributed by atoms with Crippen molar-refractivity contribution >= 4 is 11.0 Å². The Bertz CT molecular complexity index is 1200. The van der Waals surface area contributed by atoms with Crippen molar-refractivity contribution in [1.82, 2.24) is 0 Å². The minimum absolute atomic E-state index is 0.0796. The molecule has 1 atom stereocenters. The number of phenols is 1. The maximum absolute atomic E-state index is 12.9. The fourth-order valence-corrected chi connectivity index (χ4v) is 3.73. The topological polar surface area (TPSA) is 70.7 Å². The molecule has 0 spiro atoms. The molecule has 1 unspecified atom stereocenters. The van der Waals surface area contributed by atoms with Crippen LogP contribution in [0.5, 0.6) is 11.5 Å². The van der Waals surface area contributed by atoms with Gasteiger partial charge in [0, 0.05) is 5.92 Å². The Morgan fingerprint density at radius 1 is 0.786 bits per heavy atom. The summed E-state index contributed by atoms with van der Waals surface area (Å²) in [4.78, 5) is 12.9. The third-order valence-electron chi connectivity index (χ3n) is 5.09. The van der Waals surface area contributed by atoms with Crippen molar-refractivity contribution in [2.24, 2.45) is 0 Å². The van der Waals surface area contributed by atoms with Crippen LogP contribution in [0.25, 0.3) is 11.0 Å². The lowest BCUT2D eigenvalue weighted by Gasteiger charge is -2.21. The molecule has 0 aliphatic rings. The molecular formula is C24H20O4. The van der Waals surface area contributed by atoms with Gasteiger partial charge in [-0.15, -0.1) is 0 Å². The van der Waals surface area contributed by atoms with E-state index in [0.29, 0.717) is 22.1 Å². The van der Waals surface area contributed by atoms with E-state index in [1.165, 1.54) is 0 Å². The van der Waals surface area contributed by atoms with E-state index in [4.69, 9.17) is 4.42 Å². The lowest BCUT2D eigenvalue weighted by molar-refractivity contribution is 0.455. The van der Waals surface area contributed by atoms with Gasteiger partial charge in [0.15, 0.2) is 0 Å². The molecule has 0 saturated heterocycles. The summed E-state index contributed by atoms with van der Waals surface area (Å²) in [7, 11) is 0. The highest BCUT2D eigenvalue weighted by Gasteiger charge is 2.27. The molecule has 0 amide bonds. The molecule has 3 aromatic carbocycles. The first-order valence-electron chi connectivity index (χ1n) is 9.07. The Morgan fingerprint density at radius 2 is 1.39 bits per heavy atom. The number of rotatable bonds is 3. The highest BCUT2D eigenvalue weighted by molar-refractivity contribution is 5.84. The molecule has 2 N–H and O–H groups in total. The third-order valence-corrected chi connectivity index (χ3v) is 5.09. The summed E-state index contributed by atoms with van der Waals surface area (Å²) in [6, 6.07) is 20.1. The first kappa shape index (κ1) is 17.9. The molecule has 0 saturated carbocycles. The second-order valence-corrected chi connectivity index (χ2v) is 6.99. The van der Waals surface area contributed by atoms with E-state index < -0.39 is 11.5 Å². The van der Waals surface area contributed by atoms with Crippen molar-refractivity contribution in [2.45, 2.75) is 19.8 Å². The summed E-state index contributed by atoms with van der Waals surface area (Å²) in [5.41, 5.74) is 3.03. The molecule has 0 radical (unpaired) electrons. The second-order valence-electron chi connectivity index (χ2n) is 6.99. The molecule has 4 aromatic rings. The Morgan fingerprint density at radius 3 is 2.07 bits per heavy atom. The molecule has 0 bridgehead atoms. The number of hydrogen-bond acceptors (Lipinski definition) is 4. The smallest absolute Gasteiger partial charge is 0.344 e. The van der Waals surface area contributed by atoms with Gasteiger partial charge in [0.05, 0.1) is 10.9 Å². The van der Waals surface area contributed by atoms with Gasteiger partial charge in [-0.1, -0.05) is 54.6 Å². The molecule has 4 nitrogen and oxygen atoms in total. The van der Waals surface area contributed by atoms with Crippen molar-refractivity contribution in [3.05, 3.63) is 105 Å². The number of fused-ring (bicyclic) bond motifs is 1. The SMILES string of the molecule is Cc1cc(C(c2ccccc2)c2c(O)c3ccccc3oc2=O)cc(C)c1O. The highest BCUT2D eigenvalue weighted by Crippen LogP contribution is 2.39. The first-order chi connectivity index (χ1) is 13.5. The van der Waals surface area contributed by atoms with E-state index in [0.717, 1.165) is 11.1 Å². The molecule has 28 heavy (non-hydrogen) atoms. The van der Waals surface area contributed by atoms with Gasteiger partial charge in [-0.05, 0) is 48.2 Å².